The summed E-state index contributed by atoms with van der Waals surface area (Å²) in [6, 6.07) is 6.32. The predicted octanol–water partition coefficient (Wildman–Crippen LogP) is 4.56. The number of benzene rings is 2. The second kappa shape index (κ2) is 11.0. The molecule has 35 heavy (non-hydrogen) atoms. The lowest BCUT2D eigenvalue weighted by atomic mass is 9.77. The fraction of sp³-hybridized carbons (Fsp3) is 0.333. The van der Waals surface area contributed by atoms with Gasteiger partial charge in [-0.2, -0.15) is 0 Å². The summed E-state index contributed by atoms with van der Waals surface area (Å²) in [5, 5.41) is 20.2. The molecule has 0 spiro atoms. The highest BCUT2D eigenvalue weighted by Gasteiger charge is 2.44. The second-order valence-corrected chi connectivity index (χ2v) is 8.23. The molecule has 3 rings (SSSR count). The zero-order chi connectivity index (χ0) is 25.6. The van der Waals surface area contributed by atoms with E-state index in [-0.39, 0.29) is 46.1 Å². The van der Waals surface area contributed by atoms with E-state index in [9.17, 15) is 19.8 Å². The van der Waals surface area contributed by atoms with Crippen LogP contribution in [0.3, 0.4) is 0 Å². The summed E-state index contributed by atoms with van der Waals surface area (Å²) < 4.78 is 20.6. The van der Waals surface area contributed by atoms with Crippen molar-refractivity contribution in [1.29, 1.82) is 0 Å². The average molecular weight is 483 g/mol. The third kappa shape index (κ3) is 5.26. The lowest BCUT2D eigenvalue weighted by Crippen LogP contribution is -2.34. The Morgan fingerprint density at radius 2 is 1.00 bits per heavy atom. The number of ether oxygens (including phenoxy) is 4. The third-order valence-electron chi connectivity index (χ3n) is 6.26. The van der Waals surface area contributed by atoms with Crippen LogP contribution in [0.25, 0.3) is 12.2 Å². The van der Waals surface area contributed by atoms with E-state index in [0.717, 1.165) is 12.8 Å². The van der Waals surface area contributed by atoms with Crippen molar-refractivity contribution in [2.75, 3.05) is 28.4 Å². The van der Waals surface area contributed by atoms with Gasteiger partial charge in [0.25, 0.3) is 0 Å². The number of carbonyl (C=O) groups is 2. The van der Waals surface area contributed by atoms with Gasteiger partial charge in [0.15, 0.2) is 34.6 Å². The van der Waals surface area contributed by atoms with E-state index in [1.54, 1.807) is 36.4 Å². The van der Waals surface area contributed by atoms with Crippen LogP contribution in [0.2, 0.25) is 0 Å². The Morgan fingerprint density at radius 3 is 1.29 bits per heavy atom. The highest BCUT2D eigenvalue weighted by atomic mass is 16.5. The largest absolute Gasteiger partial charge is 0.502 e. The van der Waals surface area contributed by atoms with Crippen LogP contribution in [0.4, 0.5) is 0 Å². The lowest BCUT2D eigenvalue weighted by Gasteiger charge is -2.22. The fourth-order valence-electron chi connectivity index (χ4n) is 4.28. The van der Waals surface area contributed by atoms with Gasteiger partial charge in [-0.3, -0.25) is 9.59 Å². The molecule has 8 heteroatoms. The Labute approximate surface area is 204 Å². The van der Waals surface area contributed by atoms with E-state index in [1.165, 1.54) is 40.6 Å². The Kier molecular flexibility index (Phi) is 8.06. The Balaban J connectivity index is 1.87. The van der Waals surface area contributed by atoms with Gasteiger partial charge in [0.1, 0.15) is 0 Å². The summed E-state index contributed by atoms with van der Waals surface area (Å²) in [6.45, 7) is 0. The summed E-state index contributed by atoms with van der Waals surface area (Å²) in [5.41, 5.74) is 0.0388. The number of allylic oxidation sites excluding steroid dienone is 2. The Bertz CT molecular complexity index is 1020. The van der Waals surface area contributed by atoms with E-state index < -0.39 is 5.41 Å². The van der Waals surface area contributed by atoms with Crippen molar-refractivity contribution >= 4 is 23.7 Å². The maximum absolute atomic E-state index is 13.3. The maximum Gasteiger partial charge on any atom is 0.200 e. The molecule has 2 aromatic carbocycles. The number of ketones is 2. The van der Waals surface area contributed by atoms with Gasteiger partial charge in [0.05, 0.1) is 33.9 Å². The monoisotopic (exact) mass is 482 g/mol. The van der Waals surface area contributed by atoms with E-state index in [0.29, 0.717) is 24.0 Å². The second-order valence-electron chi connectivity index (χ2n) is 8.23. The van der Waals surface area contributed by atoms with E-state index in [1.807, 2.05) is 0 Å². The normalized spacial score (nSPS) is 14.9. The van der Waals surface area contributed by atoms with Crippen molar-refractivity contribution in [1.82, 2.24) is 0 Å². The first kappa shape index (κ1) is 25.7. The van der Waals surface area contributed by atoms with Crippen molar-refractivity contribution in [3.8, 4) is 34.5 Å². The average Bonchev–Trinajstić information content (AvgIpc) is 3.38. The van der Waals surface area contributed by atoms with Crippen molar-refractivity contribution in [2.24, 2.45) is 5.41 Å². The number of phenolic OH excluding ortho intramolecular Hbond substituents is 2. The van der Waals surface area contributed by atoms with Gasteiger partial charge in [-0.15, -0.1) is 0 Å². The topological polar surface area (TPSA) is 112 Å². The molecule has 0 heterocycles. The highest BCUT2D eigenvalue weighted by Crippen LogP contribution is 2.42. The number of carbonyl (C=O) groups excluding carboxylic acids is 2. The molecule has 0 aromatic heterocycles. The van der Waals surface area contributed by atoms with Crippen molar-refractivity contribution in [2.45, 2.75) is 25.7 Å². The first-order chi connectivity index (χ1) is 16.8. The molecular weight excluding hydrogens is 452 g/mol. The fourth-order valence-corrected chi connectivity index (χ4v) is 4.28. The summed E-state index contributed by atoms with van der Waals surface area (Å²) in [6.07, 6.45) is 8.44. The van der Waals surface area contributed by atoms with Gasteiger partial charge in [-0.1, -0.05) is 25.0 Å². The molecule has 8 nitrogen and oxygen atoms in total. The van der Waals surface area contributed by atoms with Gasteiger partial charge in [0.2, 0.25) is 11.5 Å². The minimum atomic E-state index is -1.14. The van der Waals surface area contributed by atoms with Crippen molar-refractivity contribution in [3.63, 3.8) is 0 Å². The third-order valence-corrected chi connectivity index (χ3v) is 6.26. The van der Waals surface area contributed by atoms with E-state index >= 15 is 0 Å². The minimum absolute atomic E-state index is 0.131. The van der Waals surface area contributed by atoms with Gasteiger partial charge in [-0.25, -0.2) is 0 Å². The van der Waals surface area contributed by atoms with Gasteiger partial charge in [0, 0.05) is 0 Å². The number of hydrogen-bond acceptors (Lipinski definition) is 8. The minimum Gasteiger partial charge on any atom is -0.502 e. The smallest absolute Gasteiger partial charge is 0.200 e. The molecule has 0 amide bonds. The molecule has 0 bridgehead atoms. The first-order valence-corrected chi connectivity index (χ1v) is 11.1. The molecule has 1 aliphatic rings. The number of aromatic hydroxyl groups is 2. The van der Waals surface area contributed by atoms with Gasteiger partial charge in [-0.05, 0) is 60.4 Å². The van der Waals surface area contributed by atoms with Crippen LogP contribution in [-0.2, 0) is 9.59 Å². The summed E-state index contributed by atoms with van der Waals surface area (Å²) in [7, 11) is 5.69. The SMILES string of the molecule is COc1cc(/C=C/C(=O)C2(C(=O)/C=C/c3cc(OC)c(O)c(OC)c3)CCCC2)cc(OC)c1O. The molecule has 2 aromatic rings. The van der Waals surface area contributed by atoms with E-state index in [4.69, 9.17) is 18.9 Å². The molecule has 0 saturated heterocycles. The molecule has 186 valence electrons. The standard InChI is InChI=1S/C27H30O8/c1-32-19-13-17(14-20(33-2)25(19)30)7-9-23(28)27(11-5-6-12-27)24(29)10-8-18-15-21(34-3)26(31)22(16-18)35-4/h7-10,13-16,30-31H,5-6,11-12H2,1-4H3/b9-7+,10-8+. The molecule has 0 unspecified atom stereocenters. The molecule has 1 fully saturated rings. The summed E-state index contributed by atoms with van der Waals surface area (Å²) in [4.78, 5) is 26.6. The van der Waals surface area contributed by atoms with Crippen molar-refractivity contribution in [3.05, 3.63) is 47.5 Å². The van der Waals surface area contributed by atoms with Crippen LogP contribution in [0.15, 0.2) is 36.4 Å². The summed E-state index contributed by atoms with van der Waals surface area (Å²) >= 11 is 0. The number of hydrogen-bond donors (Lipinski definition) is 2. The first-order valence-electron chi connectivity index (χ1n) is 11.1. The molecule has 1 aliphatic carbocycles. The maximum atomic E-state index is 13.3. The molecule has 0 atom stereocenters. The zero-order valence-corrected chi connectivity index (χ0v) is 20.3. The predicted molar refractivity (Wildman–Crippen MR) is 131 cm³/mol. The molecule has 0 radical (unpaired) electrons. The zero-order valence-electron chi connectivity index (χ0n) is 20.3. The number of methoxy groups -OCH3 is 4. The summed E-state index contributed by atoms with van der Waals surface area (Å²) in [5.74, 6) is 0.0308. The van der Waals surface area contributed by atoms with Crippen LogP contribution in [0.5, 0.6) is 34.5 Å². The lowest BCUT2D eigenvalue weighted by molar-refractivity contribution is -0.134. The Hall–Kier alpha value is -3.94. The van der Waals surface area contributed by atoms with Crippen LogP contribution in [0.1, 0.15) is 36.8 Å². The van der Waals surface area contributed by atoms with E-state index in [2.05, 4.69) is 0 Å². The highest BCUT2D eigenvalue weighted by molar-refractivity contribution is 6.17. The van der Waals surface area contributed by atoms with Crippen LogP contribution < -0.4 is 18.9 Å². The van der Waals surface area contributed by atoms with Crippen LogP contribution in [-0.4, -0.2) is 50.2 Å². The van der Waals surface area contributed by atoms with Gasteiger partial charge >= 0.3 is 0 Å². The van der Waals surface area contributed by atoms with Crippen LogP contribution >= 0.6 is 0 Å². The quantitative estimate of drug-likeness (QED) is 0.375. The number of rotatable bonds is 10. The van der Waals surface area contributed by atoms with Crippen LogP contribution in [0, 0.1) is 5.41 Å². The van der Waals surface area contributed by atoms with Crippen molar-refractivity contribution < 1.29 is 38.7 Å². The molecular formula is C27H30O8. The molecule has 0 aliphatic heterocycles. The Morgan fingerprint density at radius 1 is 0.686 bits per heavy atom. The molecule has 1 saturated carbocycles. The number of phenols is 2. The van der Waals surface area contributed by atoms with Gasteiger partial charge < -0.3 is 29.2 Å². The molecule has 2 N–H and O–H groups in total.